The minimum atomic E-state index is -2.92. The van der Waals surface area contributed by atoms with Crippen LogP contribution in [0.15, 0.2) is 277 Å². The molecule has 1 radical (unpaired) electrons. The third-order valence-corrected chi connectivity index (χ3v) is 25.0. The van der Waals surface area contributed by atoms with E-state index >= 15 is 0 Å². The Bertz CT molecular complexity index is 3700. The fraction of sp³-hybridized carbons (Fsp3) is 0.0154. The number of benzene rings is 11. The highest BCUT2D eigenvalue weighted by Gasteiger charge is 2.53. The maximum absolute atomic E-state index is 2.92. The molecule has 11 aromatic rings. The van der Waals surface area contributed by atoms with Gasteiger partial charge >= 0.3 is 0 Å². The molecule has 0 amide bonds. The zero-order chi connectivity index (χ0) is 45.5. The maximum Gasteiger partial charge on any atom is 0.181 e. The molecule has 0 bridgehead atoms. The molecule has 4 heteroatoms. The fourth-order valence-electron chi connectivity index (χ4n) is 12.4. The predicted molar refractivity (Wildman–Crippen MR) is 295 cm³/mol. The van der Waals surface area contributed by atoms with Gasteiger partial charge in [0, 0.05) is 26.6 Å². The van der Waals surface area contributed by atoms with Crippen LogP contribution < -0.4 is 41.2 Å². The molecule has 1 aliphatic carbocycles. The van der Waals surface area contributed by atoms with Crippen LogP contribution >= 0.6 is 11.8 Å². The Morgan fingerprint density at radius 2 is 0.899 bits per heavy atom. The van der Waals surface area contributed by atoms with Gasteiger partial charge in [-0.15, -0.1) is 0 Å². The summed E-state index contributed by atoms with van der Waals surface area (Å²) in [6, 6.07) is 102. The number of rotatable bonds is 6. The predicted octanol–water partition coefficient (Wildman–Crippen LogP) is 11.3. The molecule has 0 saturated carbocycles. The lowest BCUT2D eigenvalue weighted by Gasteiger charge is -2.46. The average molecular weight is 927 g/mol. The zero-order valence-corrected chi connectivity index (χ0v) is 40.6. The Labute approximate surface area is 410 Å². The molecule has 2 heterocycles. The first-order valence-electron chi connectivity index (χ1n) is 23.9. The minimum absolute atomic E-state index is 0.482. The van der Waals surface area contributed by atoms with Gasteiger partial charge < -0.3 is 4.90 Å². The highest BCUT2D eigenvalue weighted by atomic mass is 32.2. The van der Waals surface area contributed by atoms with Crippen molar-refractivity contribution in [1.82, 2.24) is 0 Å². The van der Waals surface area contributed by atoms with Crippen molar-refractivity contribution in [3.05, 3.63) is 289 Å². The van der Waals surface area contributed by atoms with Gasteiger partial charge in [-0.3, -0.25) is 0 Å². The molecule has 11 aromatic carbocycles. The van der Waals surface area contributed by atoms with Crippen molar-refractivity contribution in [2.45, 2.75) is 15.2 Å². The smallest absolute Gasteiger partial charge is 0.181 e. The first kappa shape index (κ1) is 40.3. The fourth-order valence-corrected chi connectivity index (χ4v) is 24.1. The quantitative estimate of drug-likeness (QED) is 0.153. The van der Waals surface area contributed by atoms with E-state index in [0.717, 1.165) is 11.4 Å². The molecule has 69 heavy (non-hydrogen) atoms. The van der Waals surface area contributed by atoms with Crippen LogP contribution in [0.4, 0.5) is 17.1 Å². The summed E-state index contributed by atoms with van der Waals surface area (Å²) in [7, 11) is -4.33. The Morgan fingerprint density at radius 1 is 0.377 bits per heavy atom. The molecule has 1 nitrogen and oxygen atoms in total. The van der Waals surface area contributed by atoms with Gasteiger partial charge in [0.15, 0.2) is 16.9 Å². The second-order valence-electron chi connectivity index (χ2n) is 18.4. The molecule has 0 aromatic heterocycles. The number of fused-ring (bicyclic) bond motifs is 12. The molecular formula is C65H44NSSi2. The van der Waals surface area contributed by atoms with Crippen molar-refractivity contribution in [1.29, 1.82) is 0 Å². The van der Waals surface area contributed by atoms with Crippen LogP contribution in [0.25, 0.3) is 21.9 Å². The molecule has 0 N–H and O–H groups in total. The van der Waals surface area contributed by atoms with Crippen LogP contribution in [0.3, 0.4) is 0 Å². The van der Waals surface area contributed by atoms with E-state index in [9.17, 15) is 0 Å². The van der Waals surface area contributed by atoms with Crippen molar-refractivity contribution in [2.75, 3.05) is 4.90 Å². The summed E-state index contributed by atoms with van der Waals surface area (Å²) in [5.74, 6) is 0. The maximum atomic E-state index is 2.64. The first-order valence-corrected chi connectivity index (χ1v) is 28.2. The molecule has 0 unspecified atom stereocenters. The van der Waals surface area contributed by atoms with Crippen molar-refractivity contribution in [3.8, 4) is 11.1 Å². The summed E-state index contributed by atoms with van der Waals surface area (Å²) < 4.78 is 0. The molecule has 0 saturated heterocycles. The van der Waals surface area contributed by atoms with Gasteiger partial charge in [-0.1, -0.05) is 252 Å². The highest BCUT2D eigenvalue weighted by Crippen LogP contribution is 2.56. The van der Waals surface area contributed by atoms with E-state index < -0.39 is 22.3 Å². The van der Waals surface area contributed by atoms with E-state index in [4.69, 9.17) is 0 Å². The lowest BCUT2D eigenvalue weighted by atomic mass is 9.68. The molecule has 1 spiro atoms. The molecule has 14 rings (SSSR count). The third kappa shape index (κ3) is 5.83. The van der Waals surface area contributed by atoms with Crippen LogP contribution in [-0.2, 0) is 5.41 Å². The monoisotopic (exact) mass is 926 g/mol. The Balaban J connectivity index is 1.04. The Kier molecular flexibility index (Phi) is 9.31. The molecule has 0 fully saturated rings. The van der Waals surface area contributed by atoms with Gasteiger partial charge in [0.05, 0.1) is 11.1 Å². The van der Waals surface area contributed by atoms with E-state index in [1.807, 2.05) is 11.8 Å². The normalized spacial score (nSPS) is 14.5. The Morgan fingerprint density at radius 3 is 1.61 bits per heavy atom. The number of hydrogen-bond acceptors (Lipinski definition) is 2. The van der Waals surface area contributed by atoms with E-state index in [2.05, 4.69) is 272 Å². The summed E-state index contributed by atoms with van der Waals surface area (Å²) in [6.07, 6.45) is 0. The van der Waals surface area contributed by atoms with E-state index in [1.54, 1.807) is 0 Å². The first-order chi connectivity index (χ1) is 34.2. The lowest BCUT2D eigenvalue weighted by Crippen LogP contribution is -2.87. The van der Waals surface area contributed by atoms with Gasteiger partial charge in [0.2, 0.25) is 0 Å². The second-order valence-corrected chi connectivity index (χ2v) is 25.6. The SMILES string of the molecule is c1ccc([Si]2c3ccccc3[Si]3(c4ccccc4Sc4ccccc43)c3cc(N(c4ccc(C5(c6ccccc6)c6ccccc6-c6ccccc65)cc4)c4cccc5ccccc45)ccc32)cc1. The van der Waals surface area contributed by atoms with E-state index in [0.29, 0.717) is 0 Å². The largest absolute Gasteiger partial charge is 0.310 e. The van der Waals surface area contributed by atoms with E-state index in [1.165, 1.54) is 95.9 Å². The van der Waals surface area contributed by atoms with Gasteiger partial charge in [-0.2, -0.15) is 0 Å². The number of hydrogen-bond donors (Lipinski definition) is 0. The Hall–Kier alpha value is -7.74. The third-order valence-electron chi connectivity index (χ3n) is 15.1. The summed E-state index contributed by atoms with van der Waals surface area (Å²) in [5.41, 5.74) is 10.7. The van der Waals surface area contributed by atoms with Crippen LogP contribution in [-0.4, -0.2) is 16.9 Å². The lowest BCUT2D eigenvalue weighted by molar-refractivity contribution is 0.768. The number of nitrogens with zero attached hydrogens (tertiary/aromatic N) is 1. The summed E-state index contributed by atoms with van der Waals surface area (Å²) >= 11 is 1.94. The van der Waals surface area contributed by atoms with Gasteiger partial charge in [-0.05, 0) is 102 Å². The standard InChI is InChI=1S/C65H44NSSi2/c1-3-22-46(23-4-1)65(54-29-11-9-27-52(54)53-28-10-12-30-55(53)65)47-38-40-48(41-39-47)66(56-31-19-21-45-20-7-8-26-51(45)56)49-42-43-60-64(44-49)69(61-35-16-13-32-57(61)67-58-33-14-17-36-62(58)69)63-37-18-15-34-59(63)68(60)50-24-5-2-6-25-50/h1-44H. The van der Waals surface area contributed by atoms with Crippen molar-refractivity contribution in [3.63, 3.8) is 0 Å². The van der Waals surface area contributed by atoms with Gasteiger partial charge in [0.1, 0.15) is 0 Å². The van der Waals surface area contributed by atoms with Crippen LogP contribution in [0.1, 0.15) is 22.3 Å². The van der Waals surface area contributed by atoms with Crippen molar-refractivity contribution >= 4 is 92.8 Å². The summed E-state index contributed by atoms with van der Waals surface area (Å²) in [4.78, 5) is 5.28. The molecule has 323 valence electrons. The summed E-state index contributed by atoms with van der Waals surface area (Å²) in [6.45, 7) is 0. The van der Waals surface area contributed by atoms with Gasteiger partial charge in [-0.25, -0.2) is 0 Å². The van der Waals surface area contributed by atoms with Crippen LogP contribution in [0.5, 0.6) is 0 Å². The van der Waals surface area contributed by atoms with E-state index in [-0.39, 0.29) is 0 Å². The zero-order valence-electron chi connectivity index (χ0n) is 37.8. The second kappa shape index (κ2) is 15.9. The molecule has 2 aliphatic heterocycles. The molecule has 3 aliphatic rings. The van der Waals surface area contributed by atoms with Crippen LogP contribution in [0, 0.1) is 0 Å². The molecule has 0 atom stereocenters. The van der Waals surface area contributed by atoms with Crippen LogP contribution in [0.2, 0.25) is 0 Å². The summed E-state index contributed by atoms with van der Waals surface area (Å²) in [5, 5.41) is 12.9. The highest BCUT2D eigenvalue weighted by molar-refractivity contribution is 8.00. The van der Waals surface area contributed by atoms with Gasteiger partial charge in [0.25, 0.3) is 0 Å². The minimum Gasteiger partial charge on any atom is -0.310 e. The molecular weight excluding hydrogens is 883 g/mol. The van der Waals surface area contributed by atoms with Crippen molar-refractivity contribution < 1.29 is 0 Å². The average Bonchev–Trinajstić information content (AvgIpc) is 3.73. The number of anilines is 3. The topological polar surface area (TPSA) is 3.24 Å². The van der Waals surface area contributed by atoms with Crippen molar-refractivity contribution in [2.24, 2.45) is 0 Å².